The van der Waals surface area contributed by atoms with Gasteiger partial charge in [-0.15, -0.1) is 0 Å². The Labute approximate surface area is 298 Å². The highest BCUT2D eigenvalue weighted by Gasteiger charge is 2.17. The van der Waals surface area contributed by atoms with E-state index in [1.165, 1.54) is 0 Å². The van der Waals surface area contributed by atoms with Crippen LogP contribution < -0.4 is 4.90 Å². The van der Waals surface area contributed by atoms with Crippen molar-refractivity contribution in [3.8, 4) is 22.3 Å². The van der Waals surface area contributed by atoms with E-state index in [1.54, 1.807) is 0 Å². The Hall–Kier alpha value is -7.04. The summed E-state index contributed by atoms with van der Waals surface area (Å²) in [5.41, 5.74) is 13.1. The van der Waals surface area contributed by atoms with Crippen LogP contribution in [0.25, 0.3) is 88.1 Å². The average Bonchev–Trinajstić information content (AvgIpc) is 3.89. The predicted molar refractivity (Wildman–Crippen MR) is 214 cm³/mol. The smallest absolute Gasteiger partial charge is 0.135 e. The van der Waals surface area contributed by atoms with Gasteiger partial charge in [0.15, 0.2) is 0 Å². The second kappa shape index (κ2) is 11.2. The lowest BCUT2D eigenvalue weighted by Gasteiger charge is -2.26. The van der Waals surface area contributed by atoms with Gasteiger partial charge in [0, 0.05) is 49.4 Å². The van der Waals surface area contributed by atoms with Crippen molar-refractivity contribution in [1.29, 1.82) is 0 Å². The maximum Gasteiger partial charge on any atom is 0.135 e. The monoisotopic (exact) mass is 667 g/mol. The summed E-state index contributed by atoms with van der Waals surface area (Å²) in [6.45, 7) is 0. The number of nitrogens with zero attached hydrogens (tertiary/aromatic N) is 1. The highest BCUT2D eigenvalue weighted by atomic mass is 16.3. The van der Waals surface area contributed by atoms with Gasteiger partial charge in [0.1, 0.15) is 33.5 Å². The van der Waals surface area contributed by atoms with Crippen molar-refractivity contribution >= 4 is 82.9 Å². The molecule has 11 aromatic rings. The Morgan fingerprint density at radius 2 is 0.577 bits per heavy atom. The first kappa shape index (κ1) is 28.8. The molecule has 52 heavy (non-hydrogen) atoms. The Morgan fingerprint density at radius 3 is 1.02 bits per heavy atom. The quantitative estimate of drug-likeness (QED) is 0.183. The van der Waals surface area contributed by atoms with Gasteiger partial charge in [0.05, 0.1) is 0 Å². The number of rotatable bonds is 5. The van der Waals surface area contributed by atoms with Gasteiger partial charge in [0.25, 0.3) is 0 Å². The Balaban J connectivity index is 1.01. The first-order chi connectivity index (χ1) is 25.7. The molecule has 3 heterocycles. The minimum absolute atomic E-state index is 0.875. The third-order valence-electron chi connectivity index (χ3n) is 10.3. The number of para-hydroxylation sites is 3. The van der Waals surface area contributed by atoms with Crippen LogP contribution in [-0.4, -0.2) is 0 Å². The van der Waals surface area contributed by atoms with Crippen molar-refractivity contribution in [1.82, 2.24) is 0 Å². The zero-order valence-corrected chi connectivity index (χ0v) is 27.9. The lowest BCUT2D eigenvalue weighted by atomic mass is 10.0. The molecule has 0 amide bonds. The largest absolute Gasteiger partial charge is 0.456 e. The van der Waals surface area contributed by atoms with Crippen molar-refractivity contribution in [2.24, 2.45) is 0 Å². The first-order valence-electron chi connectivity index (χ1n) is 17.5. The van der Waals surface area contributed by atoms with Crippen molar-refractivity contribution in [2.75, 3.05) is 4.90 Å². The zero-order valence-electron chi connectivity index (χ0n) is 27.9. The van der Waals surface area contributed by atoms with Crippen LogP contribution in [0.15, 0.2) is 189 Å². The number of hydrogen-bond acceptors (Lipinski definition) is 4. The summed E-state index contributed by atoms with van der Waals surface area (Å²) in [6, 6.07) is 61.6. The van der Waals surface area contributed by atoms with E-state index in [1.807, 2.05) is 36.4 Å². The molecule has 4 nitrogen and oxygen atoms in total. The average molecular weight is 668 g/mol. The van der Waals surface area contributed by atoms with Crippen LogP contribution in [0.3, 0.4) is 0 Å². The number of hydrogen-bond donors (Lipinski definition) is 0. The summed E-state index contributed by atoms with van der Waals surface area (Å²) in [7, 11) is 0. The van der Waals surface area contributed by atoms with Crippen LogP contribution in [0.1, 0.15) is 0 Å². The number of fused-ring (bicyclic) bond motifs is 9. The van der Waals surface area contributed by atoms with Crippen molar-refractivity contribution < 1.29 is 13.3 Å². The molecule has 3 aromatic heterocycles. The van der Waals surface area contributed by atoms with Gasteiger partial charge in [-0.3, -0.25) is 0 Å². The normalized spacial score (nSPS) is 11.8. The van der Waals surface area contributed by atoms with E-state index in [9.17, 15) is 0 Å². The van der Waals surface area contributed by atoms with Gasteiger partial charge >= 0.3 is 0 Å². The fraction of sp³-hybridized carbons (Fsp3) is 0. The van der Waals surface area contributed by atoms with Crippen LogP contribution in [0.2, 0.25) is 0 Å². The molecule has 4 heteroatoms. The summed E-state index contributed by atoms with van der Waals surface area (Å²) >= 11 is 0. The minimum atomic E-state index is 0.875. The van der Waals surface area contributed by atoms with E-state index >= 15 is 0 Å². The van der Waals surface area contributed by atoms with Gasteiger partial charge in [-0.1, -0.05) is 91.0 Å². The van der Waals surface area contributed by atoms with Gasteiger partial charge in [-0.05, 0) is 107 Å². The van der Waals surface area contributed by atoms with E-state index < -0.39 is 0 Å². The third kappa shape index (κ3) is 4.55. The fourth-order valence-corrected chi connectivity index (χ4v) is 7.72. The van der Waals surface area contributed by atoms with E-state index in [0.717, 1.165) is 105 Å². The molecule has 0 fully saturated rings. The molecule has 0 aliphatic heterocycles. The molecule has 0 saturated heterocycles. The molecule has 0 N–H and O–H groups in total. The van der Waals surface area contributed by atoms with E-state index in [-0.39, 0.29) is 0 Å². The standard InChI is InChI=1S/C48H29NO3/c1-4-10-43-37(7-1)40-27-32(17-24-46(40)50-43)30-13-19-34(20-14-30)49(36-23-26-48-42(29-36)39-9-3-6-12-45(39)52-48)35-21-15-31(16-22-35)33-18-25-47-41(28-33)38-8-2-5-11-44(38)51-47/h1-29H. The molecule has 0 radical (unpaired) electrons. The number of benzene rings is 8. The predicted octanol–water partition coefficient (Wildman–Crippen LogP) is 14.2. The topological polar surface area (TPSA) is 42.7 Å². The van der Waals surface area contributed by atoms with Gasteiger partial charge in [0.2, 0.25) is 0 Å². The summed E-state index contributed by atoms with van der Waals surface area (Å²) in [5.74, 6) is 0. The summed E-state index contributed by atoms with van der Waals surface area (Å²) in [4.78, 5) is 2.31. The van der Waals surface area contributed by atoms with Crippen molar-refractivity contribution in [3.05, 3.63) is 176 Å². The fourth-order valence-electron chi connectivity index (χ4n) is 7.72. The van der Waals surface area contributed by atoms with Crippen LogP contribution in [0.4, 0.5) is 17.1 Å². The molecule has 0 atom stereocenters. The lowest BCUT2D eigenvalue weighted by molar-refractivity contribution is 0.668. The summed E-state index contributed by atoms with van der Waals surface area (Å²) in [5, 5.41) is 6.71. The van der Waals surface area contributed by atoms with E-state index in [4.69, 9.17) is 13.3 Å². The van der Waals surface area contributed by atoms with E-state index in [0.29, 0.717) is 0 Å². The molecule has 8 aromatic carbocycles. The van der Waals surface area contributed by atoms with Gasteiger partial charge in [-0.2, -0.15) is 0 Å². The van der Waals surface area contributed by atoms with Crippen molar-refractivity contribution in [2.45, 2.75) is 0 Å². The number of furan rings is 3. The highest BCUT2D eigenvalue weighted by molar-refractivity contribution is 6.08. The van der Waals surface area contributed by atoms with Crippen LogP contribution >= 0.6 is 0 Å². The Bertz CT molecular complexity index is 2970. The van der Waals surface area contributed by atoms with Crippen LogP contribution in [0, 0.1) is 0 Å². The van der Waals surface area contributed by atoms with Crippen LogP contribution in [0.5, 0.6) is 0 Å². The molecule has 0 unspecified atom stereocenters. The van der Waals surface area contributed by atoms with E-state index in [2.05, 4.69) is 144 Å². The first-order valence-corrected chi connectivity index (χ1v) is 17.5. The molecule has 0 bridgehead atoms. The molecule has 0 aliphatic carbocycles. The zero-order chi connectivity index (χ0) is 34.2. The molecular weight excluding hydrogens is 639 g/mol. The maximum absolute atomic E-state index is 6.20. The maximum atomic E-state index is 6.20. The Kier molecular flexibility index (Phi) is 6.22. The SMILES string of the molecule is c1ccc2c(c1)oc1ccc(-c3ccc(N(c4ccc(-c5ccc6oc7ccccc7c6c5)cc4)c4ccc5oc6ccccc6c5c4)cc3)cc12. The molecule has 11 rings (SSSR count). The second-order valence-corrected chi connectivity index (χ2v) is 13.3. The molecule has 244 valence electrons. The highest BCUT2D eigenvalue weighted by Crippen LogP contribution is 2.41. The summed E-state index contributed by atoms with van der Waals surface area (Å²) in [6.07, 6.45) is 0. The lowest BCUT2D eigenvalue weighted by Crippen LogP contribution is -2.09. The van der Waals surface area contributed by atoms with Crippen molar-refractivity contribution in [3.63, 3.8) is 0 Å². The second-order valence-electron chi connectivity index (χ2n) is 13.3. The molecule has 0 saturated carbocycles. The molecule has 0 spiro atoms. The Morgan fingerprint density at radius 1 is 0.250 bits per heavy atom. The molecular formula is C48H29NO3. The minimum Gasteiger partial charge on any atom is -0.456 e. The van der Waals surface area contributed by atoms with Crippen LogP contribution in [-0.2, 0) is 0 Å². The molecule has 0 aliphatic rings. The number of anilines is 3. The summed E-state index contributed by atoms with van der Waals surface area (Å²) < 4.78 is 18.4. The van der Waals surface area contributed by atoms with Gasteiger partial charge in [-0.25, -0.2) is 0 Å². The third-order valence-corrected chi connectivity index (χ3v) is 10.3. The van der Waals surface area contributed by atoms with Gasteiger partial charge < -0.3 is 18.2 Å².